The van der Waals surface area contributed by atoms with Crippen LogP contribution in [0.5, 0.6) is 5.75 Å². The molecule has 3 rings (SSSR count). The van der Waals surface area contributed by atoms with Crippen LogP contribution in [0, 0.1) is 5.82 Å². The fourth-order valence-corrected chi connectivity index (χ4v) is 3.05. The van der Waals surface area contributed by atoms with Gasteiger partial charge in [-0.3, -0.25) is 9.69 Å². The smallest absolute Gasteiger partial charge is 0.341 e. The molecule has 1 fully saturated rings. The summed E-state index contributed by atoms with van der Waals surface area (Å²) in [5.74, 6) is -1.85. The zero-order chi connectivity index (χ0) is 20.3. The molecule has 0 atom stereocenters. The van der Waals surface area contributed by atoms with Crippen molar-refractivity contribution in [1.29, 1.82) is 0 Å². The summed E-state index contributed by atoms with van der Waals surface area (Å²) in [6.45, 7) is -0.668. The average molecular weight is 449 g/mol. The van der Waals surface area contributed by atoms with Crippen molar-refractivity contribution in [3.05, 3.63) is 69.6 Å². The molecule has 1 heterocycles. The van der Waals surface area contributed by atoms with Gasteiger partial charge in [0, 0.05) is 5.56 Å². The van der Waals surface area contributed by atoms with E-state index in [4.69, 9.17) is 9.84 Å². The predicted molar refractivity (Wildman–Crippen MR) is 101 cm³/mol. The first-order valence-corrected chi connectivity index (χ1v) is 8.86. The molecule has 28 heavy (non-hydrogen) atoms. The van der Waals surface area contributed by atoms with Gasteiger partial charge in [0.15, 0.2) is 6.61 Å². The van der Waals surface area contributed by atoms with Crippen molar-refractivity contribution < 1.29 is 28.6 Å². The zero-order valence-electron chi connectivity index (χ0n) is 14.3. The number of carbonyl (C=O) groups is 3. The van der Waals surface area contributed by atoms with Gasteiger partial charge in [0.05, 0.1) is 11.0 Å². The first-order valence-electron chi connectivity index (χ1n) is 8.07. The first kappa shape index (κ1) is 19.6. The lowest BCUT2D eigenvalue weighted by molar-refractivity contribution is -0.139. The molecule has 0 radical (unpaired) electrons. The van der Waals surface area contributed by atoms with Gasteiger partial charge in [-0.25, -0.2) is 14.0 Å². The molecular formula is C19H14BrFN2O5. The lowest BCUT2D eigenvalue weighted by atomic mass is 10.1. The molecule has 0 saturated carbocycles. The molecule has 2 aromatic rings. The number of aliphatic carboxylic acids is 1. The van der Waals surface area contributed by atoms with E-state index < -0.39 is 30.3 Å². The number of halogens is 2. The molecule has 2 aromatic carbocycles. The number of benzene rings is 2. The Morgan fingerprint density at radius 3 is 2.68 bits per heavy atom. The maximum atomic E-state index is 13.8. The Balaban J connectivity index is 1.77. The Morgan fingerprint density at radius 1 is 1.25 bits per heavy atom. The van der Waals surface area contributed by atoms with E-state index in [9.17, 15) is 18.8 Å². The van der Waals surface area contributed by atoms with Gasteiger partial charge in [0.25, 0.3) is 5.91 Å². The van der Waals surface area contributed by atoms with Crippen LogP contribution in [0.4, 0.5) is 9.18 Å². The minimum absolute atomic E-state index is 0.0486. The van der Waals surface area contributed by atoms with Crippen LogP contribution in [0.1, 0.15) is 11.1 Å². The molecular weight excluding hydrogens is 435 g/mol. The Bertz CT molecular complexity index is 992. The second-order valence-electron chi connectivity index (χ2n) is 5.84. The summed E-state index contributed by atoms with van der Waals surface area (Å²) in [6, 6.07) is 10.0. The molecule has 9 heteroatoms. The Labute approximate surface area is 167 Å². The molecule has 0 aromatic heterocycles. The highest BCUT2D eigenvalue weighted by atomic mass is 79.9. The third kappa shape index (κ3) is 4.37. The zero-order valence-corrected chi connectivity index (χ0v) is 15.9. The van der Waals surface area contributed by atoms with Crippen molar-refractivity contribution in [2.24, 2.45) is 0 Å². The van der Waals surface area contributed by atoms with E-state index in [0.717, 1.165) is 4.90 Å². The molecule has 0 unspecified atom stereocenters. The van der Waals surface area contributed by atoms with Crippen LogP contribution in [-0.4, -0.2) is 34.5 Å². The van der Waals surface area contributed by atoms with Crippen LogP contribution in [0.2, 0.25) is 0 Å². The summed E-state index contributed by atoms with van der Waals surface area (Å²) >= 11 is 3.27. The topological polar surface area (TPSA) is 95.9 Å². The number of hydrogen-bond donors (Lipinski definition) is 2. The molecule has 1 aliphatic rings. The Hall–Kier alpha value is -3.20. The minimum Gasteiger partial charge on any atom is -0.481 e. The lowest BCUT2D eigenvalue weighted by Crippen LogP contribution is -2.30. The quantitative estimate of drug-likeness (QED) is 0.522. The third-order valence-corrected chi connectivity index (χ3v) is 4.49. The van der Waals surface area contributed by atoms with E-state index in [1.807, 2.05) is 0 Å². The highest BCUT2D eigenvalue weighted by Crippen LogP contribution is 2.27. The number of carboxylic acids is 1. The number of rotatable bonds is 6. The normalized spacial score (nSPS) is 15.1. The van der Waals surface area contributed by atoms with Gasteiger partial charge in [-0.1, -0.05) is 24.3 Å². The SMILES string of the molecule is O=C(O)COc1ccc(/C=C2/NC(=O)N(Cc3ccccc3F)C2=O)cc1Br. The third-order valence-electron chi connectivity index (χ3n) is 3.87. The van der Waals surface area contributed by atoms with Crippen LogP contribution in [0.15, 0.2) is 52.6 Å². The van der Waals surface area contributed by atoms with Crippen LogP contribution >= 0.6 is 15.9 Å². The van der Waals surface area contributed by atoms with Crippen molar-refractivity contribution in [2.75, 3.05) is 6.61 Å². The molecule has 7 nitrogen and oxygen atoms in total. The van der Waals surface area contributed by atoms with Gasteiger partial charge >= 0.3 is 12.0 Å². The van der Waals surface area contributed by atoms with Crippen molar-refractivity contribution in [1.82, 2.24) is 10.2 Å². The van der Waals surface area contributed by atoms with Crippen molar-refractivity contribution >= 4 is 39.9 Å². The molecule has 0 spiro atoms. The standard InChI is InChI=1S/C19H14BrFN2O5/c20-13-7-11(5-6-16(13)28-10-17(24)25)8-15-18(26)23(19(27)22-15)9-12-3-1-2-4-14(12)21/h1-8H,9-10H2,(H,22,27)(H,24,25)/b15-8+. The van der Waals surface area contributed by atoms with Crippen LogP contribution < -0.4 is 10.1 Å². The number of imide groups is 1. The number of nitrogens with one attached hydrogen (secondary N) is 1. The molecule has 2 N–H and O–H groups in total. The van der Waals surface area contributed by atoms with Crippen LogP contribution in [-0.2, 0) is 16.1 Å². The van der Waals surface area contributed by atoms with Gasteiger partial charge in [0.2, 0.25) is 0 Å². The van der Waals surface area contributed by atoms with Gasteiger partial charge in [0.1, 0.15) is 17.3 Å². The van der Waals surface area contributed by atoms with E-state index in [1.54, 1.807) is 18.2 Å². The van der Waals surface area contributed by atoms with Gasteiger partial charge < -0.3 is 15.2 Å². The monoisotopic (exact) mass is 448 g/mol. The van der Waals surface area contributed by atoms with Gasteiger partial charge in [-0.05, 0) is 45.8 Å². The average Bonchev–Trinajstić information content (AvgIpc) is 2.90. The van der Waals surface area contributed by atoms with E-state index in [1.165, 1.54) is 30.3 Å². The van der Waals surface area contributed by atoms with Crippen LogP contribution in [0.25, 0.3) is 6.08 Å². The van der Waals surface area contributed by atoms with Crippen molar-refractivity contribution in [2.45, 2.75) is 6.54 Å². The Morgan fingerprint density at radius 2 is 2.00 bits per heavy atom. The van der Waals surface area contributed by atoms with Crippen molar-refractivity contribution in [3.8, 4) is 5.75 Å². The first-order chi connectivity index (χ1) is 13.3. The van der Waals surface area contributed by atoms with Crippen molar-refractivity contribution in [3.63, 3.8) is 0 Å². The number of ether oxygens (including phenoxy) is 1. The molecule has 1 aliphatic heterocycles. The minimum atomic E-state index is -1.10. The maximum absolute atomic E-state index is 13.8. The predicted octanol–water partition coefficient (Wildman–Crippen LogP) is 3.14. The van der Waals surface area contributed by atoms with E-state index >= 15 is 0 Å². The number of hydrogen-bond acceptors (Lipinski definition) is 4. The summed E-state index contributed by atoms with van der Waals surface area (Å²) < 4.78 is 19.4. The maximum Gasteiger partial charge on any atom is 0.341 e. The highest BCUT2D eigenvalue weighted by Gasteiger charge is 2.33. The van der Waals surface area contributed by atoms with E-state index in [0.29, 0.717) is 15.8 Å². The number of urea groups is 1. The molecule has 3 amide bonds. The fraction of sp³-hybridized carbons (Fsp3) is 0.105. The summed E-state index contributed by atoms with van der Waals surface area (Å²) in [7, 11) is 0. The largest absolute Gasteiger partial charge is 0.481 e. The Kier molecular flexibility index (Phi) is 5.74. The summed E-state index contributed by atoms with van der Waals surface area (Å²) in [6.07, 6.45) is 1.47. The van der Waals surface area contributed by atoms with Gasteiger partial charge in [-0.2, -0.15) is 0 Å². The molecule has 144 valence electrons. The molecule has 1 saturated heterocycles. The second kappa shape index (κ2) is 8.22. The van der Waals surface area contributed by atoms with Crippen LogP contribution in [0.3, 0.4) is 0 Å². The number of nitrogens with zero attached hydrogens (tertiary/aromatic N) is 1. The van der Waals surface area contributed by atoms with E-state index in [2.05, 4.69) is 21.2 Å². The number of amides is 3. The summed E-state index contributed by atoms with van der Waals surface area (Å²) in [4.78, 5) is 36.1. The van der Waals surface area contributed by atoms with Gasteiger partial charge in [-0.15, -0.1) is 0 Å². The van der Waals surface area contributed by atoms with E-state index in [-0.39, 0.29) is 17.8 Å². The molecule has 0 bridgehead atoms. The molecule has 0 aliphatic carbocycles. The number of carbonyl (C=O) groups excluding carboxylic acids is 2. The fourth-order valence-electron chi connectivity index (χ4n) is 2.54. The summed E-state index contributed by atoms with van der Waals surface area (Å²) in [5.41, 5.74) is 0.855. The highest BCUT2D eigenvalue weighted by molar-refractivity contribution is 9.10. The second-order valence-corrected chi connectivity index (χ2v) is 6.70. The summed E-state index contributed by atoms with van der Waals surface area (Å²) in [5, 5.41) is 11.1. The number of carboxylic acid groups (broad SMARTS) is 1. The lowest BCUT2D eigenvalue weighted by Gasteiger charge is -2.12.